The predicted molar refractivity (Wildman–Crippen MR) is 92.2 cm³/mol. The number of fused-ring (bicyclic) bond motifs is 1. The molecule has 0 amide bonds. The number of hydrogen-bond acceptors (Lipinski definition) is 6. The van der Waals surface area contributed by atoms with E-state index in [4.69, 9.17) is 18.9 Å². The molecular formula is C18H18N2O5. The number of nitrogens with one attached hydrogen (secondary N) is 1. The van der Waals surface area contributed by atoms with Gasteiger partial charge in [0, 0.05) is 11.6 Å². The molecule has 0 atom stereocenters. The zero-order valence-corrected chi connectivity index (χ0v) is 14.4. The van der Waals surface area contributed by atoms with Crippen molar-refractivity contribution in [2.45, 2.75) is 0 Å². The van der Waals surface area contributed by atoms with Gasteiger partial charge >= 0.3 is 0 Å². The number of carbonyl (C=O) groups is 1. The zero-order valence-electron chi connectivity index (χ0n) is 14.4. The second-order valence-electron chi connectivity index (χ2n) is 5.21. The molecule has 0 radical (unpaired) electrons. The van der Waals surface area contributed by atoms with Gasteiger partial charge in [-0.05, 0) is 24.3 Å². The number of carbonyl (C=O) groups excluding carboxylic acids is 1. The van der Waals surface area contributed by atoms with Crippen molar-refractivity contribution in [1.82, 2.24) is 9.97 Å². The molecule has 0 aliphatic rings. The van der Waals surface area contributed by atoms with E-state index >= 15 is 0 Å². The second kappa shape index (κ2) is 6.72. The molecule has 1 aromatic carbocycles. The monoisotopic (exact) mass is 342 g/mol. The summed E-state index contributed by atoms with van der Waals surface area (Å²) in [6.45, 7) is 0. The summed E-state index contributed by atoms with van der Waals surface area (Å²) in [5.74, 6) is 1.54. The number of benzene rings is 1. The van der Waals surface area contributed by atoms with Gasteiger partial charge in [0.2, 0.25) is 17.4 Å². The van der Waals surface area contributed by atoms with Gasteiger partial charge in [0.1, 0.15) is 0 Å². The van der Waals surface area contributed by atoms with Gasteiger partial charge in [-0.2, -0.15) is 0 Å². The predicted octanol–water partition coefficient (Wildman–Crippen LogP) is 2.83. The van der Waals surface area contributed by atoms with Crippen LogP contribution in [-0.4, -0.2) is 44.2 Å². The fraction of sp³-hybridized carbons (Fsp3) is 0.222. The Morgan fingerprint density at radius 3 is 2.16 bits per heavy atom. The van der Waals surface area contributed by atoms with E-state index in [1.165, 1.54) is 21.3 Å². The molecule has 2 heterocycles. The van der Waals surface area contributed by atoms with Crippen LogP contribution in [0.4, 0.5) is 0 Å². The first-order chi connectivity index (χ1) is 12.1. The lowest BCUT2D eigenvalue weighted by atomic mass is 10.1. The second-order valence-corrected chi connectivity index (χ2v) is 5.21. The number of rotatable bonds is 6. The van der Waals surface area contributed by atoms with Crippen LogP contribution in [0.1, 0.15) is 16.1 Å². The highest BCUT2D eigenvalue weighted by Gasteiger charge is 2.19. The Morgan fingerprint density at radius 1 is 0.920 bits per heavy atom. The third-order valence-electron chi connectivity index (χ3n) is 3.83. The molecule has 130 valence electrons. The smallest absolute Gasteiger partial charge is 0.213 e. The average Bonchev–Trinajstić information content (AvgIpc) is 3.08. The topological polar surface area (TPSA) is 82.7 Å². The van der Waals surface area contributed by atoms with Crippen molar-refractivity contribution in [2.75, 3.05) is 28.4 Å². The number of methoxy groups -OCH3 is 4. The SMILES string of the molecule is COc1ccc2[nH]c(C(=O)c3cc(OC)c(OC)c(OC)c3)cc2n1. The molecule has 7 nitrogen and oxygen atoms in total. The van der Waals surface area contributed by atoms with Crippen molar-refractivity contribution in [3.05, 3.63) is 41.6 Å². The number of nitrogens with zero attached hydrogens (tertiary/aromatic N) is 1. The minimum atomic E-state index is -0.212. The van der Waals surface area contributed by atoms with Crippen LogP contribution in [0.5, 0.6) is 23.1 Å². The number of pyridine rings is 1. The summed E-state index contributed by atoms with van der Waals surface area (Å²) in [5, 5.41) is 0. The van der Waals surface area contributed by atoms with Gasteiger partial charge < -0.3 is 23.9 Å². The van der Waals surface area contributed by atoms with Gasteiger partial charge in [-0.25, -0.2) is 4.98 Å². The third-order valence-corrected chi connectivity index (χ3v) is 3.83. The van der Waals surface area contributed by atoms with E-state index in [1.807, 2.05) is 6.07 Å². The largest absolute Gasteiger partial charge is 0.493 e. The number of H-pyrrole nitrogens is 1. The number of ether oxygens (including phenoxy) is 4. The van der Waals surface area contributed by atoms with Crippen LogP contribution < -0.4 is 18.9 Å². The Kier molecular flexibility index (Phi) is 4.47. The summed E-state index contributed by atoms with van der Waals surface area (Å²) < 4.78 is 21.0. The lowest BCUT2D eigenvalue weighted by Crippen LogP contribution is -2.04. The van der Waals surface area contributed by atoms with E-state index in [0.29, 0.717) is 39.9 Å². The van der Waals surface area contributed by atoms with E-state index < -0.39 is 0 Å². The van der Waals surface area contributed by atoms with Crippen molar-refractivity contribution in [3.8, 4) is 23.1 Å². The van der Waals surface area contributed by atoms with E-state index in [1.54, 1.807) is 31.4 Å². The summed E-state index contributed by atoms with van der Waals surface area (Å²) in [7, 11) is 6.07. The fourth-order valence-electron chi connectivity index (χ4n) is 2.59. The van der Waals surface area contributed by atoms with Gasteiger partial charge in [0.25, 0.3) is 0 Å². The molecule has 25 heavy (non-hydrogen) atoms. The lowest BCUT2D eigenvalue weighted by molar-refractivity contribution is 0.103. The maximum absolute atomic E-state index is 12.9. The first kappa shape index (κ1) is 16.6. The third kappa shape index (κ3) is 2.96. The Morgan fingerprint density at radius 2 is 1.60 bits per heavy atom. The average molecular weight is 342 g/mol. The molecule has 0 bridgehead atoms. The molecule has 0 aliphatic heterocycles. The normalized spacial score (nSPS) is 10.6. The lowest BCUT2D eigenvalue weighted by Gasteiger charge is -2.13. The molecule has 3 rings (SSSR count). The molecule has 0 saturated heterocycles. The van der Waals surface area contributed by atoms with Crippen molar-refractivity contribution in [3.63, 3.8) is 0 Å². The highest BCUT2D eigenvalue weighted by atomic mass is 16.5. The zero-order chi connectivity index (χ0) is 18.0. The molecule has 7 heteroatoms. The van der Waals surface area contributed by atoms with E-state index in [0.717, 1.165) is 5.52 Å². The minimum Gasteiger partial charge on any atom is -0.493 e. The highest BCUT2D eigenvalue weighted by Crippen LogP contribution is 2.38. The molecule has 0 fully saturated rings. The van der Waals surface area contributed by atoms with Gasteiger partial charge in [0.05, 0.1) is 45.2 Å². The number of ketones is 1. The summed E-state index contributed by atoms with van der Waals surface area (Å²) in [5.41, 5.74) is 2.21. The summed E-state index contributed by atoms with van der Waals surface area (Å²) in [6, 6.07) is 8.45. The molecule has 0 spiro atoms. The Balaban J connectivity index is 2.05. The Hall–Kier alpha value is -3.22. The molecule has 0 aliphatic carbocycles. The number of hydrogen-bond donors (Lipinski definition) is 1. The minimum absolute atomic E-state index is 0.212. The van der Waals surface area contributed by atoms with E-state index in [9.17, 15) is 4.79 Å². The van der Waals surface area contributed by atoms with Gasteiger partial charge in [0.15, 0.2) is 11.5 Å². The van der Waals surface area contributed by atoms with E-state index in [-0.39, 0.29) is 5.78 Å². The molecule has 3 aromatic rings. The Labute approximate surface area is 144 Å². The van der Waals surface area contributed by atoms with Crippen LogP contribution in [-0.2, 0) is 0 Å². The van der Waals surface area contributed by atoms with Crippen LogP contribution in [0.3, 0.4) is 0 Å². The molecule has 0 saturated carbocycles. The van der Waals surface area contributed by atoms with Crippen molar-refractivity contribution >= 4 is 16.8 Å². The van der Waals surface area contributed by atoms with Gasteiger partial charge in [-0.15, -0.1) is 0 Å². The Bertz CT molecular complexity index is 907. The standard InChI is InChI=1S/C18H18N2O5/c1-22-14-7-10(8-15(23-2)18(14)25-4)17(21)13-9-12-11(19-13)5-6-16(20-12)24-3/h5-9,19H,1-4H3. The number of aromatic nitrogens is 2. The first-order valence-corrected chi connectivity index (χ1v) is 7.49. The van der Waals surface area contributed by atoms with Crippen molar-refractivity contribution in [2.24, 2.45) is 0 Å². The van der Waals surface area contributed by atoms with Crippen molar-refractivity contribution in [1.29, 1.82) is 0 Å². The summed E-state index contributed by atoms with van der Waals surface area (Å²) in [4.78, 5) is 20.2. The quantitative estimate of drug-likeness (QED) is 0.694. The van der Waals surface area contributed by atoms with Gasteiger partial charge in [-0.3, -0.25) is 4.79 Å². The molecule has 2 aromatic heterocycles. The van der Waals surface area contributed by atoms with Crippen LogP contribution >= 0.6 is 0 Å². The van der Waals surface area contributed by atoms with Crippen LogP contribution in [0.2, 0.25) is 0 Å². The maximum Gasteiger partial charge on any atom is 0.213 e. The summed E-state index contributed by atoms with van der Waals surface area (Å²) in [6.07, 6.45) is 0. The fourth-order valence-corrected chi connectivity index (χ4v) is 2.59. The number of aromatic amines is 1. The van der Waals surface area contributed by atoms with Crippen molar-refractivity contribution < 1.29 is 23.7 Å². The highest BCUT2D eigenvalue weighted by molar-refractivity contribution is 6.10. The summed E-state index contributed by atoms with van der Waals surface area (Å²) >= 11 is 0. The van der Waals surface area contributed by atoms with Gasteiger partial charge in [-0.1, -0.05) is 0 Å². The van der Waals surface area contributed by atoms with Crippen LogP contribution in [0.25, 0.3) is 11.0 Å². The first-order valence-electron chi connectivity index (χ1n) is 7.49. The molecule has 0 unspecified atom stereocenters. The van der Waals surface area contributed by atoms with Crippen LogP contribution in [0, 0.1) is 0 Å². The molecule has 1 N–H and O–H groups in total. The molecular weight excluding hydrogens is 324 g/mol. The van der Waals surface area contributed by atoms with Crippen LogP contribution in [0.15, 0.2) is 30.3 Å². The van der Waals surface area contributed by atoms with E-state index in [2.05, 4.69) is 9.97 Å². The maximum atomic E-state index is 12.9.